The highest BCUT2D eigenvalue weighted by atomic mass is 32.1. The molecule has 0 aliphatic rings. The van der Waals surface area contributed by atoms with Gasteiger partial charge in [-0.2, -0.15) is 0 Å². The number of rotatable bonds is 1. The van der Waals surface area contributed by atoms with Crippen molar-refractivity contribution in [1.29, 1.82) is 0 Å². The van der Waals surface area contributed by atoms with Crippen LogP contribution in [0.3, 0.4) is 0 Å². The maximum absolute atomic E-state index is 5.88. The van der Waals surface area contributed by atoms with Crippen LogP contribution in [0.25, 0.3) is 32.4 Å². The van der Waals surface area contributed by atoms with Crippen molar-refractivity contribution in [1.82, 2.24) is 0 Å². The van der Waals surface area contributed by atoms with E-state index in [0.29, 0.717) is 0 Å². The molecule has 86 valence electrons. The lowest BCUT2D eigenvalue weighted by Gasteiger charge is -1.96. The quantitative estimate of drug-likeness (QED) is 0.446. The predicted octanol–water partition coefficient (Wildman–Crippen LogP) is 5.31. The van der Waals surface area contributed by atoms with Gasteiger partial charge in [0.15, 0.2) is 0 Å². The molecule has 0 aliphatic carbocycles. The number of thiophene rings is 1. The Hall–Kier alpha value is -2.06. The van der Waals surface area contributed by atoms with E-state index in [4.69, 9.17) is 4.42 Å². The normalized spacial score (nSPS) is 11.3. The van der Waals surface area contributed by atoms with Gasteiger partial charge in [0.2, 0.25) is 0 Å². The molecule has 0 N–H and O–H groups in total. The van der Waals surface area contributed by atoms with Gasteiger partial charge in [-0.3, -0.25) is 0 Å². The summed E-state index contributed by atoms with van der Waals surface area (Å²) in [5, 5.41) is 4.56. The minimum atomic E-state index is 0.937. The first-order valence-corrected chi connectivity index (χ1v) is 6.74. The van der Waals surface area contributed by atoms with E-state index in [9.17, 15) is 0 Å². The molecule has 2 heteroatoms. The van der Waals surface area contributed by atoms with Gasteiger partial charge >= 0.3 is 0 Å². The highest BCUT2D eigenvalue weighted by Crippen LogP contribution is 2.31. The molecular formula is C16H10OS. The predicted molar refractivity (Wildman–Crippen MR) is 77.0 cm³/mol. The van der Waals surface area contributed by atoms with E-state index in [-0.39, 0.29) is 0 Å². The second-order valence-corrected chi connectivity index (χ2v) is 5.27. The van der Waals surface area contributed by atoms with Crippen LogP contribution in [0.5, 0.6) is 0 Å². The number of para-hydroxylation sites is 1. The average molecular weight is 250 g/mol. The summed E-state index contributed by atoms with van der Waals surface area (Å²) in [5.41, 5.74) is 2.08. The van der Waals surface area contributed by atoms with Gasteiger partial charge in [-0.1, -0.05) is 30.3 Å². The molecular weight excluding hydrogens is 240 g/mol. The molecule has 4 aromatic rings. The molecule has 1 nitrogen and oxygen atoms in total. The number of furan rings is 1. The minimum Gasteiger partial charge on any atom is -0.456 e. The lowest BCUT2D eigenvalue weighted by Crippen LogP contribution is -1.71. The smallest absolute Gasteiger partial charge is 0.135 e. The highest BCUT2D eigenvalue weighted by Gasteiger charge is 2.06. The highest BCUT2D eigenvalue weighted by molar-refractivity contribution is 7.17. The zero-order valence-corrected chi connectivity index (χ0v) is 10.4. The molecule has 0 bridgehead atoms. The van der Waals surface area contributed by atoms with Crippen LogP contribution < -0.4 is 0 Å². The number of hydrogen-bond acceptors (Lipinski definition) is 2. The molecule has 18 heavy (non-hydrogen) atoms. The minimum absolute atomic E-state index is 0.937. The third-order valence-electron chi connectivity index (χ3n) is 3.17. The number of hydrogen-bond donors (Lipinski definition) is 0. The van der Waals surface area contributed by atoms with Gasteiger partial charge in [-0.25, -0.2) is 0 Å². The Morgan fingerprint density at radius 3 is 2.72 bits per heavy atom. The summed E-state index contributed by atoms with van der Waals surface area (Å²) >= 11 is 1.76. The Kier molecular flexibility index (Phi) is 2.05. The molecule has 2 heterocycles. The van der Waals surface area contributed by atoms with Crippen molar-refractivity contribution < 1.29 is 4.42 Å². The molecule has 0 aliphatic heterocycles. The maximum Gasteiger partial charge on any atom is 0.135 e. The molecule has 0 spiro atoms. The zero-order chi connectivity index (χ0) is 11.9. The van der Waals surface area contributed by atoms with Crippen molar-refractivity contribution in [2.24, 2.45) is 0 Å². The number of benzene rings is 2. The summed E-state index contributed by atoms with van der Waals surface area (Å²) in [6, 6.07) is 18.8. The van der Waals surface area contributed by atoms with Crippen LogP contribution in [-0.4, -0.2) is 0 Å². The molecule has 0 fully saturated rings. The van der Waals surface area contributed by atoms with Gasteiger partial charge in [-0.05, 0) is 35.0 Å². The lowest BCUT2D eigenvalue weighted by molar-refractivity contribution is 0.631. The zero-order valence-electron chi connectivity index (χ0n) is 9.59. The van der Waals surface area contributed by atoms with Crippen molar-refractivity contribution in [2.45, 2.75) is 0 Å². The van der Waals surface area contributed by atoms with Crippen LogP contribution in [0.1, 0.15) is 0 Å². The standard InChI is InChI=1S/C16H10OS/c1-2-4-14-12(3-1)9-15(17-14)13-6-5-11-7-8-18-16(11)10-13/h1-10H. The average Bonchev–Trinajstić information content (AvgIpc) is 3.04. The summed E-state index contributed by atoms with van der Waals surface area (Å²) in [6.07, 6.45) is 0. The molecule has 0 saturated heterocycles. The van der Waals surface area contributed by atoms with Crippen LogP contribution in [0.2, 0.25) is 0 Å². The first-order chi connectivity index (χ1) is 8.90. The molecule has 4 rings (SSSR count). The van der Waals surface area contributed by atoms with Crippen LogP contribution in [-0.2, 0) is 0 Å². The molecule has 2 aromatic carbocycles. The van der Waals surface area contributed by atoms with Crippen LogP contribution in [0.4, 0.5) is 0 Å². The van der Waals surface area contributed by atoms with Gasteiger partial charge in [0.05, 0.1) is 0 Å². The van der Waals surface area contributed by atoms with E-state index in [1.165, 1.54) is 10.1 Å². The Balaban J connectivity index is 1.94. The summed E-state index contributed by atoms with van der Waals surface area (Å²) in [4.78, 5) is 0. The lowest BCUT2D eigenvalue weighted by atomic mass is 10.1. The maximum atomic E-state index is 5.88. The Labute approximate surface area is 108 Å². The monoisotopic (exact) mass is 250 g/mol. The summed E-state index contributed by atoms with van der Waals surface area (Å²) in [5.74, 6) is 0.937. The SMILES string of the molecule is c1ccc2oc(-c3ccc4ccsc4c3)cc2c1. The van der Waals surface area contributed by atoms with E-state index in [1.807, 2.05) is 18.2 Å². The molecule has 2 aromatic heterocycles. The van der Waals surface area contributed by atoms with E-state index in [0.717, 1.165) is 22.3 Å². The topological polar surface area (TPSA) is 13.1 Å². The summed E-state index contributed by atoms with van der Waals surface area (Å²) in [6.45, 7) is 0. The first kappa shape index (κ1) is 9.92. The van der Waals surface area contributed by atoms with Crippen molar-refractivity contribution in [3.8, 4) is 11.3 Å². The molecule has 0 atom stereocenters. The second-order valence-electron chi connectivity index (χ2n) is 4.32. The third kappa shape index (κ3) is 1.46. The second kappa shape index (κ2) is 3.72. The largest absolute Gasteiger partial charge is 0.456 e. The van der Waals surface area contributed by atoms with E-state index in [1.54, 1.807) is 11.3 Å². The molecule has 0 amide bonds. The van der Waals surface area contributed by atoms with Crippen molar-refractivity contribution in [3.05, 3.63) is 60.0 Å². The molecule has 0 saturated carbocycles. The third-order valence-corrected chi connectivity index (χ3v) is 4.05. The Bertz CT molecular complexity index is 805. The van der Waals surface area contributed by atoms with Gasteiger partial charge in [0.25, 0.3) is 0 Å². The van der Waals surface area contributed by atoms with Crippen molar-refractivity contribution in [3.63, 3.8) is 0 Å². The van der Waals surface area contributed by atoms with Gasteiger partial charge in [0, 0.05) is 15.6 Å². The van der Waals surface area contributed by atoms with Crippen molar-refractivity contribution >= 4 is 32.4 Å². The van der Waals surface area contributed by atoms with E-state index >= 15 is 0 Å². The first-order valence-electron chi connectivity index (χ1n) is 5.86. The fraction of sp³-hybridized carbons (Fsp3) is 0. The molecule has 0 unspecified atom stereocenters. The van der Waals surface area contributed by atoms with Gasteiger partial charge in [0.1, 0.15) is 11.3 Å². The number of fused-ring (bicyclic) bond motifs is 2. The molecule has 0 radical (unpaired) electrons. The summed E-state index contributed by atoms with van der Waals surface area (Å²) < 4.78 is 7.18. The fourth-order valence-electron chi connectivity index (χ4n) is 2.23. The Morgan fingerprint density at radius 2 is 1.78 bits per heavy atom. The van der Waals surface area contributed by atoms with Gasteiger partial charge < -0.3 is 4.42 Å². The Morgan fingerprint density at radius 1 is 0.833 bits per heavy atom. The fourth-order valence-corrected chi connectivity index (χ4v) is 3.06. The van der Waals surface area contributed by atoms with Crippen LogP contribution >= 0.6 is 11.3 Å². The van der Waals surface area contributed by atoms with Crippen LogP contribution in [0, 0.1) is 0 Å². The van der Waals surface area contributed by atoms with Crippen LogP contribution in [0.15, 0.2) is 64.4 Å². The van der Waals surface area contributed by atoms with E-state index in [2.05, 4.69) is 41.8 Å². The van der Waals surface area contributed by atoms with Crippen molar-refractivity contribution in [2.75, 3.05) is 0 Å². The summed E-state index contributed by atoms with van der Waals surface area (Å²) in [7, 11) is 0. The van der Waals surface area contributed by atoms with Gasteiger partial charge in [-0.15, -0.1) is 11.3 Å². The van der Waals surface area contributed by atoms with E-state index < -0.39 is 0 Å².